The maximum Gasteiger partial charge on any atom is 0.418 e. The molecule has 36 heavy (non-hydrogen) atoms. The molecule has 0 bridgehead atoms. The number of imidazole rings is 1. The fraction of sp³-hybridized carbons (Fsp3) is 0.296. The van der Waals surface area contributed by atoms with E-state index in [0.29, 0.717) is 12.8 Å². The fourth-order valence-corrected chi connectivity index (χ4v) is 5.30. The van der Waals surface area contributed by atoms with Crippen LogP contribution in [-0.2, 0) is 22.9 Å². The normalized spacial score (nSPS) is 11.8. The third-order valence-corrected chi connectivity index (χ3v) is 7.54. The molecule has 2 aromatic carbocycles. The molecule has 0 fully saturated rings. The maximum absolute atomic E-state index is 12.2. The first kappa shape index (κ1) is 25.4. The molecule has 8 nitrogen and oxygen atoms in total. The molecule has 1 amide bonds. The molecule has 0 radical (unpaired) electrons. The number of hydrogen-bond donors (Lipinski definition) is 2. The molecule has 0 atom stereocenters. The number of nitrogens with zero attached hydrogens (tertiary/aromatic N) is 3. The first-order chi connectivity index (χ1) is 17.0. The van der Waals surface area contributed by atoms with Gasteiger partial charge in [-0.1, -0.05) is 32.0 Å². The molecule has 188 valence electrons. The lowest BCUT2D eigenvalue weighted by molar-refractivity contribution is 0.201. The van der Waals surface area contributed by atoms with Crippen LogP contribution in [0, 0.1) is 20.8 Å². The molecule has 0 aliphatic carbocycles. The molecule has 4 rings (SSSR count). The van der Waals surface area contributed by atoms with Gasteiger partial charge >= 0.3 is 6.09 Å². The Labute approximate surface area is 211 Å². The number of aromatic nitrogens is 3. The van der Waals surface area contributed by atoms with Crippen LogP contribution in [0.3, 0.4) is 0 Å². The Morgan fingerprint density at radius 2 is 1.69 bits per heavy atom. The highest BCUT2D eigenvalue weighted by atomic mass is 32.2. The number of rotatable bonds is 7. The molecule has 0 saturated carbocycles. The maximum atomic E-state index is 12.2. The third kappa shape index (κ3) is 5.11. The van der Waals surface area contributed by atoms with Gasteiger partial charge in [-0.15, -0.1) is 0 Å². The van der Waals surface area contributed by atoms with Crippen molar-refractivity contribution in [2.24, 2.45) is 0 Å². The minimum Gasteiger partial charge on any atom is -0.464 e. The van der Waals surface area contributed by atoms with Crippen molar-refractivity contribution in [3.05, 3.63) is 82.4 Å². The van der Waals surface area contributed by atoms with Crippen molar-refractivity contribution in [2.75, 3.05) is 0 Å². The number of hydrogen-bond acceptors (Lipinski definition) is 5. The number of amides is 1. The zero-order valence-corrected chi connectivity index (χ0v) is 21.8. The summed E-state index contributed by atoms with van der Waals surface area (Å²) in [5.74, 6) is 1.22. The van der Waals surface area contributed by atoms with E-state index in [4.69, 9.17) is 10.1 Å². The molecule has 0 unspecified atom stereocenters. The van der Waals surface area contributed by atoms with Crippen LogP contribution in [-0.4, -0.2) is 34.2 Å². The van der Waals surface area contributed by atoms with E-state index in [9.17, 15) is 13.2 Å². The Balaban J connectivity index is 1.60. The van der Waals surface area contributed by atoms with Crippen molar-refractivity contribution in [3.63, 3.8) is 0 Å². The Kier molecular flexibility index (Phi) is 6.86. The van der Waals surface area contributed by atoms with Crippen molar-refractivity contribution in [3.8, 4) is 5.69 Å². The van der Waals surface area contributed by atoms with E-state index in [1.54, 1.807) is 16.9 Å². The second kappa shape index (κ2) is 9.73. The molecule has 0 aliphatic rings. The van der Waals surface area contributed by atoms with Crippen molar-refractivity contribution in [2.45, 2.75) is 58.3 Å². The molecular weight excluding hydrogens is 476 g/mol. The van der Waals surface area contributed by atoms with Crippen LogP contribution in [0.25, 0.3) is 16.7 Å². The van der Waals surface area contributed by atoms with Crippen molar-refractivity contribution in [1.82, 2.24) is 19.3 Å². The molecule has 2 heterocycles. The van der Waals surface area contributed by atoms with Crippen LogP contribution in [0.2, 0.25) is 0 Å². The zero-order valence-electron chi connectivity index (χ0n) is 21.0. The van der Waals surface area contributed by atoms with Crippen LogP contribution < -0.4 is 4.72 Å². The summed E-state index contributed by atoms with van der Waals surface area (Å²) in [6.45, 7) is 10.1. The monoisotopic (exact) mass is 506 g/mol. The van der Waals surface area contributed by atoms with Gasteiger partial charge in [0, 0.05) is 17.3 Å². The van der Waals surface area contributed by atoms with Gasteiger partial charge in [-0.25, -0.2) is 22.9 Å². The Hall–Kier alpha value is -3.72. The summed E-state index contributed by atoms with van der Waals surface area (Å²) in [4.78, 5) is 20.2. The summed E-state index contributed by atoms with van der Waals surface area (Å²) >= 11 is 0. The molecule has 9 heteroatoms. The minimum atomic E-state index is -4.11. The van der Waals surface area contributed by atoms with Crippen molar-refractivity contribution >= 4 is 27.1 Å². The highest BCUT2D eigenvalue weighted by Gasteiger charge is 2.19. The highest BCUT2D eigenvalue weighted by molar-refractivity contribution is 7.90. The number of carboxylic acid groups (broad SMARTS) is 1. The van der Waals surface area contributed by atoms with E-state index >= 15 is 0 Å². The quantitative estimate of drug-likeness (QED) is 0.356. The van der Waals surface area contributed by atoms with Gasteiger partial charge < -0.3 is 5.11 Å². The molecular formula is C27H30N4O4S. The zero-order chi connectivity index (χ0) is 26.2. The van der Waals surface area contributed by atoms with E-state index < -0.39 is 16.1 Å². The first-order valence-electron chi connectivity index (χ1n) is 11.8. The van der Waals surface area contributed by atoms with E-state index in [1.807, 2.05) is 20.8 Å². The van der Waals surface area contributed by atoms with Gasteiger partial charge in [-0.05, 0) is 80.6 Å². The smallest absolute Gasteiger partial charge is 0.418 e. The largest absolute Gasteiger partial charge is 0.464 e. The lowest BCUT2D eigenvalue weighted by Crippen LogP contribution is -2.28. The molecule has 0 saturated heterocycles. The second-order valence-electron chi connectivity index (χ2n) is 9.34. The van der Waals surface area contributed by atoms with Gasteiger partial charge in [-0.2, -0.15) is 0 Å². The first-order valence-corrected chi connectivity index (χ1v) is 13.3. The van der Waals surface area contributed by atoms with Gasteiger partial charge in [0.25, 0.3) is 10.0 Å². The van der Waals surface area contributed by atoms with Crippen LogP contribution in [0.5, 0.6) is 0 Å². The number of aryl methyl sites for hydroxylation is 5. The average molecular weight is 507 g/mol. The van der Waals surface area contributed by atoms with Gasteiger partial charge in [-0.3, -0.25) is 9.55 Å². The third-order valence-electron chi connectivity index (χ3n) is 6.22. The number of fused-ring (bicyclic) bond motifs is 1. The molecule has 2 N–H and O–H groups in total. The number of sulfonamides is 1. The molecule has 4 aromatic rings. The van der Waals surface area contributed by atoms with E-state index in [1.165, 1.54) is 6.07 Å². The summed E-state index contributed by atoms with van der Waals surface area (Å²) in [7, 11) is -4.11. The lowest BCUT2D eigenvalue weighted by atomic mass is 10.0. The number of benzene rings is 2. The van der Waals surface area contributed by atoms with Crippen LogP contribution >= 0.6 is 0 Å². The minimum absolute atomic E-state index is 0.0610. The number of carbonyl (C=O) groups is 1. The summed E-state index contributed by atoms with van der Waals surface area (Å²) in [5, 5.41) is 8.81. The standard InChI is InChI=1S/C27H30N4O4S/c1-16(2)26-29-25-19(5)28-18(4)14-24(25)31(26)22-11-8-20(9-12-22)7-10-21-15-23(13-6-17(21)3)36(34,35)30-27(32)33/h6,8-9,11-16,30H,7,10H2,1-5H3,(H,32,33). The highest BCUT2D eigenvalue weighted by Crippen LogP contribution is 2.28. The summed E-state index contributed by atoms with van der Waals surface area (Å²) < 4.78 is 28.3. The molecule has 2 aromatic heterocycles. The average Bonchev–Trinajstić information content (AvgIpc) is 3.18. The predicted octanol–water partition coefficient (Wildman–Crippen LogP) is 5.21. The van der Waals surface area contributed by atoms with Gasteiger partial charge in [0.2, 0.25) is 0 Å². The predicted molar refractivity (Wildman–Crippen MR) is 139 cm³/mol. The molecule has 0 aliphatic heterocycles. The van der Waals surface area contributed by atoms with E-state index in [-0.39, 0.29) is 10.8 Å². The Bertz CT molecular complexity index is 1560. The molecule has 0 spiro atoms. The van der Waals surface area contributed by atoms with Crippen molar-refractivity contribution in [1.29, 1.82) is 0 Å². The second-order valence-corrected chi connectivity index (χ2v) is 11.0. The lowest BCUT2D eigenvalue weighted by Gasteiger charge is -2.13. The van der Waals surface area contributed by atoms with Crippen molar-refractivity contribution < 1.29 is 18.3 Å². The van der Waals surface area contributed by atoms with Gasteiger partial charge in [0.1, 0.15) is 11.3 Å². The summed E-state index contributed by atoms with van der Waals surface area (Å²) in [6.07, 6.45) is -0.275. The number of nitrogens with one attached hydrogen (secondary N) is 1. The van der Waals surface area contributed by atoms with E-state index in [0.717, 1.165) is 50.6 Å². The topological polar surface area (TPSA) is 114 Å². The van der Waals surface area contributed by atoms with Gasteiger partial charge in [0.05, 0.1) is 16.1 Å². The fourth-order valence-electron chi connectivity index (χ4n) is 4.41. The summed E-state index contributed by atoms with van der Waals surface area (Å²) in [5.41, 5.74) is 7.77. The van der Waals surface area contributed by atoms with Crippen LogP contribution in [0.4, 0.5) is 4.79 Å². The Morgan fingerprint density at radius 3 is 2.33 bits per heavy atom. The SMILES string of the molecule is Cc1cc2c(nc(C(C)C)n2-c2ccc(CCc3cc(S(=O)(=O)NC(=O)O)ccc3C)cc2)c(C)n1. The summed E-state index contributed by atoms with van der Waals surface area (Å²) in [6, 6.07) is 15.0. The van der Waals surface area contributed by atoms with E-state index in [2.05, 4.69) is 53.7 Å². The number of pyridine rings is 1. The Morgan fingerprint density at radius 1 is 1.00 bits per heavy atom. The van der Waals surface area contributed by atoms with Gasteiger partial charge in [0.15, 0.2) is 0 Å². The van der Waals surface area contributed by atoms with Crippen LogP contribution in [0.15, 0.2) is 53.4 Å². The van der Waals surface area contributed by atoms with Crippen LogP contribution in [0.1, 0.15) is 53.7 Å².